The van der Waals surface area contributed by atoms with Gasteiger partial charge in [0, 0.05) is 49.6 Å². The molecule has 0 aliphatic heterocycles. The molecule has 0 unspecified atom stereocenters. The highest BCUT2D eigenvalue weighted by atomic mass is 16.3. The van der Waals surface area contributed by atoms with E-state index in [9.17, 15) is 0 Å². The van der Waals surface area contributed by atoms with Crippen molar-refractivity contribution in [3.63, 3.8) is 0 Å². The van der Waals surface area contributed by atoms with E-state index in [1.54, 1.807) is 0 Å². The molecule has 0 bridgehead atoms. The van der Waals surface area contributed by atoms with Crippen molar-refractivity contribution in [3.05, 3.63) is 182 Å². The molecule has 0 aliphatic carbocycles. The van der Waals surface area contributed by atoms with Crippen LogP contribution in [0.3, 0.4) is 0 Å². The van der Waals surface area contributed by atoms with E-state index in [0.29, 0.717) is 0 Å². The van der Waals surface area contributed by atoms with E-state index in [1.165, 1.54) is 38.1 Å². The molecule has 0 saturated heterocycles. The summed E-state index contributed by atoms with van der Waals surface area (Å²) in [5.41, 5.74) is 10.9. The van der Waals surface area contributed by atoms with Gasteiger partial charge in [-0.25, -0.2) is 0 Å². The molecule has 0 radical (unpaired) electrons. The molecule has 0 saturated carbocycles. The van der Waals surface area contributed by atoms with Crippen molar-refractivity contribution in [2.75, 3.05) is 4.90 Å². The number of aromatic nitrogens is 1. The lowest BCUT2D eigenvalue weighted by molar-refractivity contribution is 0.669. The smallest absolute Gasteiger partial charge is 0.135 e. The van der Waals surface area contributed by atoms with Gasteiger partial charge in [0.05, 0.1) is 16.7 Å². The molecule has 0 N–H and O–H groups in total. The fourth-order valence-corrected chi connectivity index (χ4v) is 7.56. The van der Waals surface area contributed by atoms with Gasteiger partial charge in [-0.3, -0.25) is 0 Å². The van der Waals surface area contributed by atoms with E-state index in [2.05, 4.69) is 179 Å². The Morgan fingerprint density at radius 3 is 1.94 bits per heavy atom. The second-order valence-corrected chi connectivity index (χ2v) is 12.6. The van der Waals surface area contributed by atoms with Gasteiger partial charge in [0.25, 0.3) is 0 Å². The van der Waals surface area contributed by atoms with Gasteiger partial charge >= 0.3 is 0 Å². The SMILES string of the molecule is c1ccc(-c2ccccc2N(c2ccc3oc4ccccc4c3c2)c2ccc3c(c2)c2ccc4ccccc4c2n3-c2ccccc2)cc1. The Morgan fingerprint density at radius 2 is 1.08 bits per heavy atom. The zero-order valence-electron chi connectivity index (χ0n) is 26.6. The second-order valence-electron chi connectivity index (χ2n) is 12.6. The van der Waals surface area contributed by atoms with Crippen LogP contribution >= 0.6 is 0 Å². The number of anilines is 3. The minimum Gasteiger partial charge on any atom is -0.456 e. The third-order valence-corrected chi connectivity index (χ3v) is 9.76. The zero-order chi connectivity index (χ0) is 32.3. The predicted molar refractivity (Wildman–Crippen MR) is 206 cm³/mol. The number of para-hydroxylation sites is 3. The summed E-state index contributed by atoms with van der Waals surface area (Å²) in [7, 11) is 0. The Hall–Kier alpha value is -6.58. The lowest BCUT2D eigenvalue weighted by Gasteiger charge is -2.28. The van der Waals surface area contributed by atoms with E-state index < -0.39 is 0 Å². The molecule has 0 aliphatic rings. The summed E-state index contributed by atoms with van der Waals surface area (Å²) in [5.74, 6) is 0. The van der Waals surface area contributed by atoms with Gasteiger partial charge in [0.15, 0.2) is 0 Å². The van der Waals surface area contributed by atoms with Gasteiger partial charge in [-0.1, -0.05) is 121 Å². The number of fused-ring (bicyclic) bond motifs is 8. The van der Waals surface area contributed by atoms with Gasteiger partial charge < -0.3 is 13.9 Å². The van der Waals surface area contributed by atoms with E-state index in [0.717, 1.165) is 50.3 Å². The highest BCUT2D eigenvalue weighted by molar-refractivity contribution is 6.19. The van der Waals surface area contributed by atoms with Crippen LogP contribution in [0.1, 0.15) is 0 Å². The normalized spacial score (nSPS) is 11.7. The van der Waals surface area contributed by atoms with Crippen molar-refractivity contribution in [2.24, 2.45) is 0 Å². The van der Waals surface area contributed by atoms with Crippen molar-refractivity contribution in [2.45, 2.75) is 0 Å². The molecule has 0 fully saturated rings. The Bertz CT molecular complexity index is 2830. The standard InChI is InChI=1S/C46H30N2O/c1-3-13-31(14-4-1)36-18-9-11-21-42(36)47(35-25-28-45-41(30-35)38-20-10-12-22-44(38)49-45)34-24-27-43-40(29-34)39-26-23-32-15-7-8-19-37(32)46(39)48(43)33-16-5-2-6-17-33/h1-30H. The second kappa shape index (κ2) is 11.0. The Balaban J connectivity index is 1.28. The van der Waals surface area contributed by atoms with Crippen molar-refractivity contribution < 1.29 is 4.42 Å². The first-order valence-electron chi connectivity index (χ1n) is 16.7. The maximum absolute atomic E-state index is 6.26. The van der Waals surface area contributed by atoms with E-state index >= 15 is 0 Å². The number of furan rings is 1. The molecule has 0 spiro atoms. The summed E-state index contributed by atoms with van der Waals surface area (Å²) >= 11 is 0. The Kier molecular flexibility index (Phi) is 6.18. The average Bonchev–Trinajstić information content (AvgIpc) is 3.71. The summed E-state index contributed by atoms with van der Waals surface area (Å²) in [6.45, 7) is 0. The van der Waals surface area contributed by atoms with Crippen LogP contribution in [0.2, 0.25) is 0 Å². The van der Waals surface area contributed by atoms with Crippen LogP contribution in [0.4, 0.5) is 17.1 Å². The van der Waals surface area contributed by atoms with Gasteiger partial charge in [0.1, 0.15) is 11.2 Å². The van der Waals surface area contributed by atoms with E-state index in [-0.39, 0.29) is 0 Å². The van der Waals surface area contributed by atoms with Crippen LogP contribution in [0.25, 0.3) is 71.3 Å². The van der Waals surface area contributed by atoms with E-state index in [1.807, 2.05) is 12.1 Å². The van der Waals surface area contributed by atoms with Crippen LogP contribution in [-0.4, -0.2) is 4.57 Å². The van der Waals surface area contributed by atoms with Crippen molar-refractivity contribution in [1.29, 1.82) is 0 Å². The maximum atomic E-state index is 6.26. The third-order valence-electron chi connectivity index (χ3n) is 9.76. The summed E-state index contributed by atoms with van der Waals surface area (Å²) in [4.78, 5) is 2.40. The summed E-state index contributed by atoms with van der Waals surface area (Å²) < 4.78 is 8.68. The summed E-state index contributed by atoms with van der Waals surface area (Å²) in [5, 5.41) is 7.12. The average molecular weight is 627 g/mol. The van der Waals surface area contributed by atoms with Crippen molar-refractivity contribution in [3.8, 4) is 16.8 Å². The maximum Gasteiger partial charge on any atom is 0.135 e. The van der Waals surface area contributed by atoms with Gasteiger partial charge in [-0.15, -0.1) is 0 Å². The molecule has 230 valence electrons. The highest BCUT2D eigenvalue weighted by Crippen LogP contribution is 2.45. The molecule has 0 atom stereocenters. The quantitative estimate of drug-likeness (QED) is 0.190. The van der Waals surface area contributed by atoms with Crippen LogP contribution in [0.15, 0.2) is 186 Å². The molecule has 2 heterocycles. The third kappa shape index (κ3) is 4.37. The van der Waals surface area contributed by atoms with E-state index in [4.69, 9.17) is 4.42 Å². The van der Waals surface area contributed by atoms with Crippen LogP contribution in [-0.2, 0) is 0 Å². The van der Waals surface area contributed by atoms with Gasteiger partial charge in [0.2, 0.25) is 0 Å². The minimum atomic E-state index is 0.884. The minimum absolute atomic E-state index is 0.884. The van der Waals surface area contributed by atoms with Gasteiger partial charge in [-0.2, -0.15) is 0 Å². The van der Waals surface area contributed by atoms with Crippen LogP contribution in [0, 0.1) is 0 Å². The predicted octanol–water partition coefficient (Wildman–Crippen LogP) is 13.0. The van der Waals surface area contributed by atoms with Crippen LogP contribution < -0.4 is 4.90 Å². The molecule has 2 aromatic heterocycles. The molecule has 10 aromatic rings. The first-order chi connectivity index (χ1) is 24.3. The number of benzene rings is 8. The van der Waals surface area contributed by atoms with Crippen molar-refractivity contribution in [1.82, 2.24) is 4.57 Å². The molecule has 0 amide bonds. The topological polar surface area (TPSA) is 21.3 Å². The molecule has 49 heavy (non-hydrogen) atoms. The first-order valence-corrected chi connectivity index (χ1v) is 16.7. The zero-order valence-corrected chi connectivity index (χ0v) is 26.6. The summed E-state index contributed by atoms with van der Waals surface area (Å²) in [6.07, 6.45) is 0. The fourth-order valence-electron chi connectivity index (χ4n) is 7.56. The molecule has 3 nitrogen and oxygen atoms in total. The lowest BCUT2D eigenvalue weighted by atomic mass is 10.0. The number of rotatable bonds is 5. The molecule has 3 heteroatoms. The highest BCUT2D eigenvalue weighted by Gasteiger charge is 2.21. The Morgan fingerprint density at radius 1 is 0.429 bits per heavy atom. The van der Waals surface area contributed by atoms with Gasteiger partial charge in [-0.05, 0) is 71.6 Å². The lowest BCUT2D eigenvalue weighted by Crippen LogP contribution is -2.11. The Labute approximate surface area is 283 Å². The summed E-state index contributed by atoms with van der Waals surface area (Å²) in [6, 6.07) is 65.0. The van der Waals surface area contributed by atoms with Crippen LogP contribution in [0.5, 0.6) is 0 Å². The molecule has 8 aromatic carbocycles. The molecular formula is C46H30N2O. The fraction of sp³-hybridized carbons (Fsp3) is 0. The van der Waals surface area contributed by atoms with Crippen molar-refractivity contribution >= 4 is 71.6 Å². The molecule has 10 rings (SSSR count). The largest absolute Gasteiger partial charge is 0.456 e. The number of nitrogens with zero attached hydrogens (tertiary/aromatic N) is 2. The monoisotopic (exact) mass is 626 g/mol. The number of hydrogen-bond acceptors (Lipinski definition) is 2. The first kappa shape index (κ1) is 27.5. The number of hydrogen-bond donors (Lipinski definition) is 0. The molecular weight excluding hydrogens is 597 g/mol.